The summed E-state index contributed by atoms with van der Waals surface area (Å²) < 4.78 is 12.9. The largest absolute Gasteiger partial charge is 0.481 e. The molecule has 0 saturated carbocycles. The maximum atomic E-state index is 12.9. The zero-order chi connectivity index (χ0) is 15.1. The maximum absolute atomic E-state index is 12.9. The van der Waals surface area contributed by atoms with Crippen molar-refractivity contribution in [2.24, 2.45) is 0 Å². The Labute approximate surface area is 117 Å². The molecule has 0 aliphatic rings. The fraction of sp³-hybridized carbons (Fsp3) is 0.429. The van der Waals surface area contributed by atoms with E-state index in [9.17, 15) is 14.0 Å². The van der Waals surface area contributed by atoms with Gasteiger partial charge >= 0.3 is 12.0 Å². The number of aliphatic carboxylic acids is 1. The second-order valence-corrected chi connectivity index (χ2v) is 4.62. The van der Waals surface area contributed by atoms with Crippen LogP contribution in [0.15, 0.2) is 18.2 Å². The molecule has 0 aliphatic heterocycles. The Balaban J connectivity index is 2.36. The molecule has 6 heteroatoms. The molecule has 0 bridgehead atoms. The van der Waals surface area contributed by atoms with Crippen LogP contribution in [0.5, 0.6) is 0 Å². The zero-order valence-electron chi connectivity index (χ0n) is 11.6. The summed E-state index contributed by atoms with van der Waals surface area (Å²) in [4.78, 5) is 23.4. The van der Waals surface area contributed by atoms with Crippen LogP contribution < -0.4 is 5.32 Å². The Kier molecular flexibility index (Phi) is 5.96. The number of carboxylic acid groups (broad SMARTS) is 1. The Morgan fingerprint density at radius 1 is 1.40 bits per heavy atom. The third-order valence-electron chi connectivity index (χ3n) is 2.98. The van der Waals surface area contributed by atoms with Crippen molar-refractivity contribution in [2.45, 2.75) is 19.8 Å². The van der Waals surface area contributed by atoms with E-state index in [1.165, 1.54) is 17.0 Å². The molecule has 1 aromatic carbocycles. The van der Waals surface area contributed by atoms with Crippen molar-refractivity contribution in [1.29, 1.82) is 0 Å². The monoisotopic (exact) mass is 282 g/mol. The van der Waals surface area contributed by atoms with Crippen LogP contribution in [-0.2, 0) is 11.2 Å². The lowest BCUT2D eigenvalue weighted by Crippen LogP contribution is -2.39. The molecular formula is C14H19FN2O3. The fourth-order valence-electron chi connectivity index (χ4n) is 1.74. The van der Waals surface area contributed by atoms with Crippen LogP contribution >= 0.6 is 0 Å². The number of carbonyl (C=O) groups excluding carboxylic acids is 1. The standard InChI is InChI=1S/C14H19FN2O3/c1-10-9-12(15)4-3-11(10)5-7-16-14(20)17(2)8-6-13(18)19/h3-4,9H,5-8H2,1-2H3,(H,16,20)(H,18,19). The van der Waals surface area contributed by atoms with Crippen molar-refractivity contribution in [2.75, 3.05) is 20.1 Å². The summed E-state index contributed by atoms with van der Waals surface area (Å²) in [7, 11) is 1.54. The van der Waals surface area contributed by atoms with Gasteiger partial charge in [0, 0.05) is 20.1 Å². The Bertz CT molecular complexity index is 491. The van der Waals surface area contributed by atoms with E-state index >= 15 is 0 Å². The third kappa shape index (κ3) is 5.26. The predicted octanol–water partition coefficient (Wildman–Crippen LogP) is 1.79. The first-order valence-electron chi connectivity index (χ1n) is 6.36. The average molecular weight is 282 g/mol. The highest BCUT2D eigenvalue weighted by Gasteiger charge is 2.09. The van der Waals surface area contributed by atoms with E-state index in [2.05, 4.69) is 5.32 Å². The van der Waals surface area contributed by atoms with Crippen molar-refractivity contribution >= 4 is 12.0 Å². The van der Waals surface area contributed by atoms with Crippen LogP contribution in [0.1, 0.15) is 17.5 Å². The molecular weight excluding hydrogens is 263 g/mol. The van der Waals surface area contributed by atoms with Gasteiger partial charge in [0.1, 0.15) is 5.82 Å². The van der Waals surface area contributed by atoms with Crippen LogP contribution in [0.4, 0.5) is 9.18 Å². The van der Waals surface area contributed by atoms with Gasteiger partial charge in [0.05, 0.1) is 6.42 Å². The van der Waals surface area contributed by atoms with Crippen molar-refractivity contribution < 1.29 is 19.1 Å². The lowest BCUT2D eigenvalue weighted by atomic mass is 10.1. The van der Waals surface area contributed by atoms with Gasteiger partial charge in [-0.25, -0.2) is 9.18 Å². The molecule has 0 saturated heterocycles. The first-order valence-corrected chi connectivity index (χ1v) is 6.36. The minimum absolute atomic E-state index is 0.0824. The number of hydrogen-bond acceptors (Lipinski definition) is 2. The summed E-state index contributed by atoms with van der Waals surface area (Å²) in [6, 6.07) is 4.23. The normalized spacial score (nSPS) is 10.2. The van der Waals surface area contributed by atoms with E-state index < -0.39 is 5.97 Å². The van der Waals surface area contributed by atoms with Gasteiger partial charge in [-0.15, -0.1) is 0 Å². The average Bonchev–Trinajstić information content (AvgIpc) is 2.38. The number of urea groups is 1. The van der Waals surface area contributed by atoms with Gasteiger partial charge in [-0.1, -0.05) is 6.07 Å². The van der Waals surface area contributed by atoms with Crippen LogP contribution in [0, 0.1) is 12.7 Å². The Morgan fingerprint density at radius 3 is 2.70 bits per heavy atom. The molecule has 0 aromatic heterocycles. The van der Waals surface area contributed by atoms with Gasteiger partial charge in [-0.2, -0.15) is 0 Å². The molecule has 110 valence electrons. The van der Waals surface area contributed by atoms with E-state index in [4.69, 9.17) is 5.11 Å². The molecule has 2 amide bonds. The molecule has 0 atom stereocenters. The first kappa shape index (κ1) is 15.9. The fourth-order valence-corrected chi connectivity index (χ4v) is 1.74. The molecule has 1 rings (SSSR count). The lowest BCUT2D eigenvalue weighted by molar-refractivity contribution is -0.137. The second kappa shape index (κ2) is 7.47. The second-order valence-electron chi connectivity index (χ2n) is 4.62. The van der Waals surface area contributed by atoms with Gasteiger partial charge < -0.3 is 15.3 Å². The Hall–Kier alpha value is -2.11. The molecule has 0 spiro atoms. The molecule has 20 heavy (non-hydrogen) atoms. The molecule has 0 unspecified atom stereocenters. The van der Waals surface area contributed by atoms with Crippen LogP contribution in [0.3, 0.4) is 0 Å². The highest BCUT2D eigenvalue weighted by atomic mass is 19.1. The topological polar surface area (TPSA) is 69.6 Å². The van der Waals surface area contributed by atoms with E-state index in [0.29, 0.717) is 13.0 Å². The molecule has 2 N–H and O–H groups in total. The zero-order valence-corrected chi connectivity index (χ0v) is 11.6. The van der Waals surface area contributed by atoms with Gasteiger partial charge in [0.2, 0.25) is 0 Å². The number of aryl methyl sites for hydroxylation is 1. The van der Waals surface area contributed by atoms with Gasteiger partial charge in [0.25, 0.3) is 0 Å². The van der Waals surface area contributed by atoms with Crippen molar-refractivity contribution in [3.63, 3.8) is 0 Å². The number of carboxylic acids is 1. The molecule has 0 fully saturated rings. The SMILES string of the molecule is Cc1cc(F)ccc1CCNC(=O)N(C)CCC(=O)O. The quantitative estimate of drug-likeness (QED) is 0.835. The number of hydrogen-bond donors (Lipinski definition) is 2. The number of halogens is 1. The predicted molar refractivity (Wildman–Crippen MR) is 73.1 cm³/mol. The third-order valence-corrected chi connectivity index (χ3v) is 2.98. The van der Waals surface area contributed by atoms with Crippen LogP contribution in [0.25, 0.3) is 0 Å². The summed E-state index contributed by atoms with van der Waals surface area (Å²) in [6.07, 6.45) is 0.519. The molecule has 5 nitrogen and oxygen atoms in total. The minimum Gasteiger partial charge on any atom is -0.481 e. The lowest BCUT2D eigenvalue weighted by Gasteiger charge is -2.17. The van der Waals surface area contributed by atoms with Crippen molar-refractivity contribution in [1.82, 2.24) is 10.2 Å². The molecule has 1 aromatic rings. The molecule has 0 aliphatic carbocycles. The van der Waals surface area contributed by atoms with E-state index in [1.807, 2.05) is 6.92 Å². The van der Waals surface area contributed by atoms with Crippen molar-refractivity contribution in [3.8, 4) is 0 Å². The summed E-state index contributed by atoms with van der Waals surface area (Å²) in [5.74, 6) is -1.21. The number of benzene rings is 1. The summed E-state index contributed by atoms with van der Waals surface area (Å²) in [6.45, 7) is 2.40. The van der Waals surface area contributed by atoms with E-state index in [1.54, 1.807) is 13.1 Å². The van der Waals surface area contributed by atoms with Gasteiger partial charge in [-0.3, -0.25) is 4.79 Å². The number of nitrogens with one attached hydrogen (secondary N) is 1. The van der Waals surface area contributed by atoms with E-state index in [-0.39, 0.29) is 24.8 Å². The van der Waals surface area contributed by atoms with Crippen LogP contribution in [0.2, 0.25) is 0 Å². The summed E-state index contributed by atoms with van der Waals surface area (Å²) in [5, 5.41) is 11.2. The first-order chi connectivity index (χ1) is 9.40. The molecule has 0 heterocycles. The summed E-state index contributed by atoms with van der Waals surface area (Å²) in [5.41, 5.74) is 1.82. The highest BCUT2D eigenvalue weighted by Crippen LogP contribution is 2.10. The maximum Gasteiger partial charge on any atom is 0.317 e. The van der Waals surface area contributed by atoms with Gasteiger partial charge in [-0.05, 0) is 36.6 Å². The number of rotatable bonds is 6. The smallest absolute Gasteiger partial charge is 0.317 e. The van der Waals surface area contributed by atoms with Crippen LogP contribution in [-0.4, -0.2) is 42.1 Å². The van der Waals surface area contributed by atoms with Crippen molar-refractivity contribution in [3.05, 3.63) is 35.1 Å². The Morgan fingerprint density at radius 2 is 2.10 bits per heavy atom. The van der Waals surface area contributed by atoms with Gasteiger partial charge in [0.15, 0.2) is 0 Å². The minimum atomic E-state index is -0.938. The number of amides is 2. The number of nitrogens with zero attached hydrogens (tertiary/aromatic N) is 1. The molecule has 0 radical (unpaired) electrons. The number of carbonyl (C=O) groups is 2. The van der Waals surface area contributed by atoms with E-state index in [0.717, 1.165) is 11.1 Å². The highest BCUT2D eigenvalue weighted by molar-refractivity contribution is 5.74. The summed E-state index contributed by atoms with van der Waals surface area (Å²) >= 11 is 0.